The van der Waals surface area contributed by atoms with E-state index in [1.807, 2.05) is 37.3 Å². The van der Waals surface area contributed by atoms with Gasteiger partial charge in [0.25, 0.3) is 0 Å². The maximum Gasteiger partial charge on any atom is 0.117 e. The van der Waals surface area contributed by atoms with Crippen molar-refractivity contribution in [3.8, 4) is 11.1 Å². The predicted octanol–water partition coefficient (Wildman–Crippen LogP) is 6.05. The summed E-state index contributed by atoms with van der Waals surface area (Å²) >= 11 is 12.2. The Hall–Kier alpha value is -2.03. The fourth-order valence-electron chi connectivity index (χ4n) is 2.59. The van der Waals surface area contributed by atoms with E-state index in [1.54, 1.807) is 12.3 Å². The first kappa shape index (κ1) is 14.9. The molecule has 1 N–H and O–H groups in total. The average molecular weight is 330 g/mol. The highest BCUT2D eigenvalue weighted by atomic mass is 35.5. The van der Waals surface area contributed by atoms with E-state index in [2.05, 4.69) is 11.6 Å². The van der Waals surface area contributed by atoms with Crippen molar-refractivity contribution in [1.82, 2.24) is 4.98 Å². The van der Waals surface area contributed by atoms with Crippen LogP contribution in [0, 0.1) is 6.92 Å². The maximum absolute atomic E-state index is 9.65. The summed E-state index contributed by atoms with van der Waals surface area (Å²) in [4.78, 5) is 4.49. The molecule has 0 saturated heterocycles. The van der Waals surface area contributed by atoms with Gasteiger partial charge in [0, 0.05) is 32.8 Å². The van der Waals surface area contributed by atoms with Gasteiger partial charge in [-0.2, -0.15) is 0 Å². The highest BCUT2D eigenvalue weighted by Gasteiger charge is 2.12. The largest absolute Gasteiger partial charge is 0.508 e. The molecule has 0 aliphatic heterocycles. The quantitative estimate of drug-likeness (QED) is 0.581. The van der Waals surface area contributed by atoms with Crippen LogP contribution in [0.1, 0.15) is 11.1 Å². The normalized spacial score (nSPS) is 10.9. The van der Waals surface area contributed by atoms with Crippen LogP contribution in [0.5, 0.6) is 0 Å². The molecular formula is C18H13Cl2NO. The molecule has 22 heavy (non-hydrogen) atoms. The summed E-state index contributed by atoms with van der Waals surface area (Å²) < 4.78 is 0. The van der Waals surface area contributed by atoms with Crippen LogP contribution in [-0.4, -0.2) is 10.1 Å². The summed E-state index contributed by atoms with van der Waals surface area (Å²) in [6, 6.07) is 11.3. The number of rotatable bonds is 2. The lowest BCUT2D eigenvalue weighted by molar-refractivity contribution is 0.513. The molecule has 0 aliphatic rings. The van der Waals surface area contributed by atoms with Crippen LogP contribution in [-0.2, 0) is 0 Å². The third-order valence-electron chi connectivity index (χ3n) is 3.65. The minimum Gasteiger partial charge on any atom is -0.508 e. The standard InChI is InChI=1S/C18H13Cl2NO/c1-10-15-4-3-5-16(12-6-13(19)8-14(20)7-12)18(15)21-9-17(10)11(2)22/h3-9,22H,2H2,1H3. The number of aryl methyl sites for hydroxylation is 1. The van der Waals surface area contributed by atoms with Gasteiger partial charge in [0.1, 0.15) is 5.76 Å². The number of halogens is 2. The van der Waals surface area contributed by atoms with Crippen LogP contribution in [0.4, 0.5) is 0 Å². The molecule has 0 fully saturated rings. The van der Waals surface area contributed by atoms with Crippen molar-refractivity contribution in [2.45, 2.75) is 6.92 Å². The molecule has 0 amide bonds. The lowest BCUT2D eigenvalue weighted by atomic mass is 9.98. The lowest BCUT2D eigenvalue weighted by Crippen LogP contribution is -1.93. The smallest absolute Gasteiger partial charge is 0.117 e. The summed E-state index contributed by atoms with van der Waals surface area (Å²) in [6.07, 6.45) is 1.63. The molecule has 110 valence electrons. The predicted molar refractivity (Wildman–Crippen MR) is 93.6 cm³/mol. The van der Waals surface area contributed by atoms with Crippen molar-refractivity contribution in [3.63, 3.8) is 0 Å². The number of aliphatic hydroxyl groups excluding tert-OH is 1. The van der Waals surface area contributed by atoms with Crippen LogP contribution in [0.15, 0.2) is 49.2 Å². The summed E-state index contributed by atoms with van der Waals surface area (Å²) in [7, 11) is 0. The Labute approximate surface area is 138 Å². The van der Waals surface area contributed by atoms with Gasteiger partial charge in [-0.15, -0.1) is 0 Å². The van der Waals surface area contributed by atoms with E-state index < -0.39 is 0 Å². The molecule has 3 aromatic rings. The van der Waals surface area contributed by atoms with Crippen molar-refractivity contribution in [1.29, 1.82) is 0 Å². The Morgan fingerprint density at radius 1 is 1.14 bits per heavy atom. The summed E-state index contributed by atoms with van der Waals surface area (Å²) in [6.45, 7) is 5.52. The first-order valence-corrected chi connectivity index (χ1v) is 7.46. The first-order valence-electron chi connectivity index (χ1n) is 6.70. The zero-order valence-electron chi connectivity index (χ0n) is 11.9. The number of nitrogens with zero attached hydrogens (tertiary/aromatic N) is 1. The fraction of sp³-hybridized carbons (Fsp3) is 0.0556. The molecule has 0 atom stereocenters. The van der Waals surface area contributed by atoms with Gasteiger partial charge in [0.15, 0.2) is 0 Å². The zero-order chi connectivity index (χ0) is 15.9. The van der Waals surface area contributed by atoms with E-state index in [-0.39, 0.29) is 5.76 Å². The van der Waals surface area contributed by atoms with Crippen LogP contribution >= 0.6 is 23.2 Å². The Balaban J connectivity index is 2.32. The Morgan fingerprint density at radius 2 is 1.82 bits per heavy atom. The number of aliphatic hydroxyl groups is 1. The second-order valence-electron chi connectivity index (χ2n) is 5.10. The molecule has 3 rings (SSSR count). The van der Waals surface area contributed by atoms with Crippen LogP contribution in [0.25, 0.3) is 27.8 Å². The van der Waals surface area contributed by atoms with Gasteiger partial charge in [0.05, 0.1) is 5.52 Å². The monoisotopic (exact) mass is 329 g/mol. The molecule has 0 saturated carbocycles. The average Bonchev–Trinajstić information content (AvgIpc) is 2.45. The second-order valence-corrected chi connectivity index (χ2v) is 5.98. The van der Waals surface area contributed by atoms with E-state index in [9.17, 15) is 5.11 Å². The third kappa shape index (κ3) is 2.56. The van der Waals surface area contributed by atoms with Gasteiger partial charge in [-0.25, -0.2) is 0 Å². The molecule has 0 unspecified atom stereocenters. The molecule has 0 bridgehead atoms. The first-order chi connectivity index (χ1) is 10.5. The summed E-state index contributed by atoms with van der Waals surface area (Å²) in [5, 5.41) is 11.8. The molecular weight excluding hydrogens is 317 g/mol. The molecule has 1 heterocycles. The number of fused-ring (bicyclic) bond motifs is 1. The number of benzene rings is 2. The Morgan fingerprint density at radius 3 is 2.45 bits per heavy atom. The number of aromatic nitrogens is 1. The number of hydrogen-bond acceptors (Lipinski definition) is 2. The highest BCUT2D eigenvalue weighted by Crippen LogP contribution is 2.33. The molecule has 2 aromatic carbocycles. The van der Waals surface area contributed by atoms with Gasteiger partial charge < -0.3 is 5.11 Å². The summed E-state index contributed by atoms with van der Waals surface area (Å²) in [5.74, 6) is 0.0168. The molecule has 0 radical (unpaired) electrons. The van der Waals surface area contributed by atoms with Gasteiger partial charge in [-0.3, -0.25) is 4.98 Å². The molecule has 0 aliphatic carbocycles. The van der Waals surface area contributed by atoms with Gasteiger partial charge in [-0.1, -0.05) is 48.0 Å². The maximum atomic E-state index is 9.65. The van der Waals surface area contributed by atoms with E-state index >= 15 is 0 Å². The van der Waals surface area contributed by atoms with Crippen molar-refractivity contribution in [3.05, 3.63) is 70.3 Å². The lowest BCUT2D eigenvalue weighted by Gasteiger charge is -2.11. The fourth-order valence-corrected chi connectivity index (χ4v) is 3.12. The molecule has 4 heteroatoms. The van der Waals surface area contributed by atoms with E-state index in [0.717, 1.165) is 27.6 Å². The highest BCUT2D eigenvalue weighted by molar-refractivity contribution is 6.35. The van der Waals surface area contributed by atoms with Gasteiger partial charge in [0.2, 0.25) is 0 Å². The van der Waals surface area contributed by atoms with Crippen molar-refractivity contribution >= 4 is 39.9 Å². The molecule has 2 nitrogen and oxygen atoms in total. The van der Waals surface area contributed by atoms with Gasteiger partial charge >= 0.3 is 0 Å². The van der Waals surface area contributed by atoms with E-state index in [1.165, 1.54) is 0 Å². The van der Waals surface area contributed by atoms with Crippen LogP contribution in [0.2, 0.25) is 10.0 Å². The second kappa shape index (κ2) is 5.64. The van der Waals surface area contributed by atoms with Crippen molar-refractivity contribution in [2.75, 3.05) is 0 Å². The molecule has 1 aromatic heterocycles. The van der Waals surface area contributed by atoms with Crippen molar-refractivity contribution in [2.24, 2.45) is 0 Å². The van der Waals surface area contributed by atoms with Crippen LogP contribution < -0.4 is 0 Å². The minimum atomic E-state index is 0.0168. The number of para-hydroxylation sites is 1. The number of hydrogen-bond donors (Lipinski definition) is 1. The van der Waals surface area contributed by atoms with E-state index in [0.29, 0.717) is 15.6 Å². The Bertz CT molecular complexity index is 883. The van der Waals surface area contributed by atoms with Crippen LogP contribution in [0.3, 0.4) is 0 Å². The number of pyridine rings is 1. The topological polar surface area (TPSA) is 33.1 Å². The SMILES string of the molecule is C=C(O)c1cnc2c(-c3cc(Cl)cc(Cl)c3)cccc2c1C. The minimum absolute atomic E-state index is 0.0168. The summed E-state index contributed by atoms with van der Waals surface area (Å²) in [5.41, 5.74) is 4.27. The van der Waals surface area contributed by atoms with Crippen molar-refractivity contribution < 1.29 is 5.11 Å². The van der Waals surface area contributed by atoms with E-state index in [4.69, 9.17) is 23.2 Å². The molecule has 0 spiro atoms. The van der Waals surface area contributed by atoms with Gasteiger partial charge in [-0.05, 0) is 36.2 Å². The third-order valence-corrected chi connectivity index (χ3v) is 4.09. The Kier molecular flexibility index (Phi) is 3.81. The zero-order valence-corrected chi connectivity index (χ0v) is 13.4.